The van der Waals surface area contributed by atoms with Crippen molar-refractivity contribution in [2.75, 3.05) is 13.2 Å². The lowest BCUT2D eigenvalue weighted by Gasteiger charge is -2.25. The molecule has 7 heteroatoms. The molecule has 160 valence electrons. The Morgan fingerprint density at radius 2 is 1.97 bits per heavy atom. The molecule has 4 rings (SSSR count). The predicted molar refractivity (Wildman–Crippen MR) is 120 cm³/mol. The molecule has 1 aliphatic heterocycles. The Hall–Kier alpha value is -3.09. The lowest BCUT2D eigenvalue weighted by molar-refractivity contribution is -0.140. The number of amides is 1. The monoisotopic (exact) mass is 438 g/mol. The van der Waals surface area contributed by atoms with Crippen molar-refractivity contribution in [3.63, 3.8) is 0 Å². The maximum atomic E-state index is 13.1. The fraction of sp³-hybridized carbons (Fsp3) is 0.250. The number of aromatic amines is 1. The van der Waals surface area contributed by atoms with Crippen LogP contribution in [0.1, 0.15) is 31.0 Å². The van der Waals surface area contributed by atoms with Gasteiger partial charge in [0.1, 0.15) is 5.76 Å². The van der Waals surface area contributed by atoms with Crippen LogP contribution >= 0.6 is 11.6 Å². The Labute approximate surface area is 185 Å². The summed E-state index contributed by atoms with van der Waals surface area (Å²) in [4.78, 5) is 30.7. The van der Waals surface area contributed by atoms with E-state index in [2.05, 4.69) is 4.98 Å². The van der Waals surface area contributed by atoms with E-state index in [1.54, 1.807) is 30.5 Å². The maximum Gasteiger partial charge on any atom is 0.295 e. The molecule has 0 spiro atoms. The van der Waals surface area contributed by atoms with E-state index in [1.807, 2.05) is 38.1 Å². The number of nitrogens with zero attached hydrogens (tertiary/aromatic N) is 1. The normalized spacial score (nSPS) is 18.5. The van der Waals surface area contributed by atoms with Gasteiger partial charge in [0.15, 0.2) is 0 Å². The number of fused-ring (bicyclic) bond motifs is 1. The van der Waals surface area contributed by atoms with Crippen molar-refractivity contribution in [3.8, 4) is 0 Å². The lowest BCUT2D eigenvalue weighted by Crippen LogP contribution is -2.33. The second-order valence-electron chi connectivity index (χ2n) is 7.71. The van der Waals surface area contributed by atoms with Gasteiger partial charge < -0.3 is 19.7 Å². The highest BCUT2D eigenvalue weighted by Crippen LogP contribution is 2.41. The van der Waals surface area contributed by atoms with Crippen LogP contribution in [-0.2, 0) is 14.3 Å². The highest BCUT2D eigenvalue weighted by molar-refractivity contribution is 6.46. The highest BCUT2D eigenvalue weighted by Gasteiger charge is 2.46. The minimum Gasteiger partial charge on any atom is -0.507 e. The summed E-state index contributed by atoms with van der Waals surface area (Å²) in [7, 11) is 0. The number of likely N-dealkylation sites (tertiary alicyclic amines) is 1. The number of Topliss-reactive ketones (excluding diaryl/α,β-unsaturated/α-hetero) is 1. The van der Waals surface area contributed by atoms with Gasteiger partial charge in [-0.15, -0.1) is 0 Å². The molecule has 1 saturated heterocycles. The molecular weight excluding hydrogens is 416 g/mol. The van der Waals surface area contributed by atoms with Crippen molar-refractivity contribution in [1.82, 2.24) is 9.88 Å². The number of H-pyrrole nitrogens is 1. The molecule has 2 N–H and O–H groups in total. The summed E-state index contributed by atoms with van der Waals surface area (Å²) in [6, 6.07) is 13.5. The molecule has 6 nitrogen and oxygen atoms in total. The van der Waals surface area contributed by atoms with Crippen LogP contribution in [0.25, 0.3) is 16.7 Å². The Kier molecular flexibility index (Phi) is 5.85. The van der Waals surface area contributed by atoms with Crippen molar-refractivity contribution >= 4 is 40.0 Å². The minimum absolute atomic E-state index is 0.00480. The number of carbonyl (C=O) groups is 2. The fourth-order valence-corrected chi connectivity index (χ4v) is 4.12. The molecular formula is C24H23ClN2O4. The van der Waals surface area contributed by atoms with Gasteiger partial charge in [-0.1, -0.05) is 41.9 Å². The maximum absolute atomic E-state index is 13.1. The Bertz CT molecular complexity index is 1180. The van der Waals surface area contributed by atoms with E-state index >= 15 is 0 Å². The van der Waals surface area contributed by atoms with Gasteiger partial charge in [0.2, 0.25) is 0 Å². The zero-order valence-corrected chi connectivity index (χ0v) is 18.0. The van der Waals surface area contributed by atoms with Gasteiger partial charge in [-0.25, -0.2) is 0 Å². The van der Waals surface area contributed by atoms with Gasteiger partial charge in [0, 0.05) is 39.8 Å². The number of para-hydroxylation sites is 1. The molecule has 1 atom stereocenters. The second-order valence-corrected chi connectivity index (χ2v) is 8.15. The Morgan fingerprint density at radius 3 is 2.71 bits per heavy atom. The van der Waals surface area contributed by atoms with Crippen molar-refractivity contribution in [2.24, 2.45) is 0 Å². The molecule has 0 bridgehead atoms. The molecule has 1 fully saturated rings. The Balaban J connectivity index is 1.87. The van der Waals surface area contributed by atoms with Gasteiger partial charge in [-0.3, -0.25) is 9.59 Å². The van der Waals surface area contributed by atoms with Crippen molar-refractivity contribution < 1.29 is 19.4 Å². The van der Waals surface area contributed by atoms with Crippen LogP contribution in [0, 0.1) is 0 Å². The number of ketones is 1. The third-order valence-electron chi connectivity index (χ3n) is 5.34. The number of benzene rings is 2. The van der Waals surface area contributed by atoms with Gasteiger partial charge in [0.05, 0.1) is 24.3 Å². The molecule has 0 aliphatic carbocycles. The smallest absolute Gasteiger partial charge is 0.295 e. The summed E-state index contributed by atoms with van der Waals surface area (Å²) in [6.45, 7) is 4.31. The highest BCUT2D eigenvalue weighted by atomic mass is 35.5. The summed E-state index contributed by atoms with van der Waals surface area (Å²) < 4.78 is 5.63. The third kappa shape index (κ3) is 3.96. The van der Waals surface area contributed by atoms with Gasteiger partial charge in [0.25, 0.3) is 11.7 Å². The van der Waals surface area contributed by atoms with Crippen LogP contribution in [0.2, 0.25) is 5.02 Å². The van der Waals surface area contributed by atoms with E-state index in [4.69, 9.17) is 16.3 Å². The first-order chi connectivity index (χ1) is 14.9. The van der Waals surface area contributed by atoms with Crippen LogP contribution in [0.4, 0.5) is 0 Å². The number of nitrogens with one attached hydrogen (secondary N) is 1. The fourth-order valence-electron chi connectivity index (χ4n) is 3.93. The quantitative estimate of drug-likeness (QED) is 0.333. The number of carbonyl (C=O) groups excluding carboxylic acids is 2. The Morgan fingerprint density at radius 1 is 1.19 bits per heavy atom. The average molecular weight is 439 g/mol. The summed E-state index contributed by atoms with van der Waals surface area (Å²) >= 11 is 6.08. The van der Waals surface area contributed by atoms with E-state index in [1.165, 1.54) is 4.90 Å². The van der Waals surface area contributed by atoms with Gasteiger partial charge in [-0.2, -0.15) is 0 Å². The number of halogens is 1. The lowest BCUT2D eigenvalue weighted by atomic mass is 9.95. The molecule has 1 unspecified atom stereocenters. The van der Waals surface area contributed by atoms with E-state index in [0.717, 1.165) is 16.5 Å². The van der Waals surface area contributed by atoms with Crippen LogP contribution in [0.5, 0.6) is 0 Å². The van der Waals surface area contributed by atoms with Crippen LogP contribution in [0.3, 0.4) is 0 Å². The first-order valence-corrected chi connectivity index (χ1v) is 10.5. The molecule has 3 aromatic rings. The zero-order chi connectivity index (χ0) is 22.1. The summed E-state index contributed by atoms with van der Waals surface area (Å²) in [5, 5.41) is 12.4. The van der Waals surface area contributed by atoms with Crippen molar-refractivity contribution in [1.29, 1.82) is 0 Å². The number of hydrogen-bond acceptors (Lipinski definition) is 4. The number of aliphatic hydroxyl groups excluding tert-OH is 1. The standard InChI is InChI=1S/C24H23ClN2O4/c1-14(2)31-11-10-27-21(18-13-26-19-9-4-3-8-17(18)19)20(23(29)24(27)30)22(28)15-6-5-7-16(25)12-15/h3-9,12-14,21,26,28H,10-11H2,1-2H3/b22-20+. The topological polar surface area (TPSA) is 82.6 Å². The molecule has 0 saturated carbocycles. The summed E-state index contributed by atoms with van der Waals surface area (Å²) in [5.74, 6) is -1.63. The first-order valence-electron chi connectivity index (χ1n) is 10.1. The largest absolute Gasteiger partial charge is 0.507 e. The summed E-state index contributed by atoms with van der Waals surface area (Å²) in [6.07, 6.45) is 1.78. The molecule has 1 aliphatic rings. The molecule has 1 aromatic heterocycles. The number of aromatic nitrogens is 1. The molecule has 1 amide bonds. The van der Waals surface area contributed by atoms with Crippen molar-refractivity contribution in [3.05, 3.63) is 76.5 Å². The average Bonchev–Trinajstić information content (AvgIpc) is 3.27. The number of hydrogen-bond donors (Lipinski definition) is 2. The zero-order valence-electron chi connectivity index (χ0n) is 17.3. The first kappa shape index (κ1) is 21.2. The molecule has 31 heavy (non-hydrogen) atoms. The summed E-state index contributed by atoms with van der Waals surface area (Å²) in [5.41, 5.74) is 2.04. The third-order valence-corrected chi connectivity index (χ3v) is 5.57. The van der Waals surface area contributed by atoms with Crippen LogP contribution < -0.4 is 0 Å². The van der Waals surface area contributed by atoms with Crippen molar-refractivity contribution in [2.45, 2.75) is 26.0 Å². The number of rotatable bonds is 6. The van der Waals surface area contributed by atoms with E-state index in [9.17, 15) is 14.7 Å². The van der Waals surface area contributed by atoms with E-state index < -0.39 is 17.7 Å². The van der Waals surface area contributed by atoms with Crippen LogP contribution in [-0.4, -0.2) is 45.9 Å². The molecule has 2 aromatic carbocycles. The van der Waals surface area contributed by atoms with E-state index in [-0.39, 0.29) is 30.6 Å². The van der Waals surface area contributed by atoms with E-state index in [0.29, 0.717) is 10.6 Å². The number of aliphatic hydroxyl groups is 1. The predicted octanol–water partition coefficient (Wildman–Crippen LogP) is 4.67. The second kappa shape index (κ2) is 8.57. The minimum atomic E-state index is -0.745. The van der Waals surface area contributed by atoms with Crippen LogP contribution in [0.15, 0.2) is 60.3 Å². The van der Waals surface area contributed by atoms with Gasteiger partial charge >= 0.3 is 0 Å². The number of ether oxygens (including phenoxy) is 1. The molecule has 2 heterocycles. The molecule has 0 radical (unpaired) electrons. The van der Waals surface area contributed by atoms with Gasteiger partial charge in [-0.05, 0) is 32.0 Å². The SMILES string of the molecule is CC(C)OCCN1C(=O)C(=O)/C(=C(/O)c2cccc(Cl)c2)C1c1c[nH]c2ccccc12.